The largest absolute Gasteiger partial charge is 0.311 e. The minimum atomic E-state index is -0.203. The Morgan fingerprint density at radius 1 is 0.731 bits per heavy atom. The fraction of sp³-hybridized carbons (Fsp3) is 0.130. The van der Waals surface area contributed by atoms with E-state index in [1.54, 1.807) is 36.2 Å². The van der Waals surface area contributed by atoms with E-state index in [2.05, 4.69) is 0 Å². The molecule has 0 unspecified atom stereocenters. The number of hydrogen-bond acceptors (Lipinski definition) is 2. The van der Waals surface area contributed by atoms with E-state index in [1.807, 2.05) is 62.4 Å². The summed E-state index contributed by atoms with van der Waals surface area (Å²) in [5.41, 5.74) is 4.17. The molecule has 26 heavy (non-hydrogen) atoms. The minimum Gasteiger partial charge on any atom is -0.311 e. The number of anilines is 1. The highest BCUT2D eigenvalue weighted by Crippen LogP contribution is 2.22. The molecule has 0 N–H and O–H groups in total. The summed E-state index contributed by atoms with van der Waals surface area (Å²) in [6, 6.07) is 22.2. The molecular formula is C23H21NO2. The Kier molecular flexibility index (Phi) is 4.99. The normalized spacial score (nSPS) is 10.4. The summed E-state index contributed by atoms with van der Waals surface area (Å²) in [4.78, 5) is 27.7. The summed E-state index contributed by atoms with van der Waals surface area (Å²) in [5, 5.41) is 0. The highest BCUT2D eigenvalue weighted by atomic mass is 16.2. The van der Waals surface area contributed by atoms with Crippen LogP contribution in [0.3, 0.4) is 0 Å². The molecule has 0 heterocycles. The molecule has 3 rings (SSSR count). The molecule has 0 aliphatic heterocycles. The molecule has 3 nitrogen and oxygen atoms in total. The number of rotatable bonds is 4. The number of nitrogens with zero attached hydrogens (tertiary/aromatic N) is 1. The van der Waals surface area contributed by atoms with Crippen LogP contribution < -0.4 is 4.90 Å². The van der Waals surface area contributed by atoms with Crippen molar-refractivity contribution in [3.05, 3.63) is 101 Å². The van der Waals surface area contributed by atoms with Crippen molar-refractivity contribution in [1.29, 1.82) is 0 Å². The predicted molar refractivity (Wildman–Crippen MR) is 105 cm³/mol. The molecule has 3 aromatic rings. The second-order valence-electron chi connectivity index (χ2n) is 6.39. The topological polar surface area (TPSA) is 37.4 Å². The van der Waals surface area contributed by atoms with Crippen LogP contribution >= 0.6 is 0 Å². The van der Waals surface area contributed by atoms with E-state index in [4.69, 9.17) is 0 Å². The molecule has 0 radical (unpaired) electrons. The summed E-state index contributed by atoms with van der Waals surface area (Å²) < 4.78 is 0. The van der Waals surface area contributed by atoms with Gasteiger partial charge in [0.05, 0.1) is 5.56 Å². The summed E-state index contributed by atoms with van der Waals surface area (Å²) in [5.74, 6) is -0.331. The number of amides is 1. The first-order valence-electron chi connectivity index (χ1n) is 8.53. The number of para-hydroxylation sites is 1. The molecule has 0 saturated carbocycles. The van der Waals surface area contributed by atoms with Gasteiger partial charge in [-0.2, -0.15) is 0 Å². The van der Waals surface area contributed by atoms with Crippen molar-refractivity contribution >= 4 is 17.4 Å². The maximum Gasteiger partial charge on any atom is 0.258 e. The standard InChI is InChI=1S/C23H21NO2/c1-16-13-14-17(2)21(15-16)22(25)19-11-7-8-12-20(19)23(26)24(3)18-9-5-4-6-10-18/h4-15H,1-3H3. The molecule has 0 aromatic heterocycles. The smallest absolute Gasteiger partial charge is 0.258 e. The van der Waals surface area contributed by atoms with Gasteiger partial charge in [0.25, 0.3) is 5.91 Å². The first kappa shape index (κ1) is 17.6. The predicted octanol–water partition coefficient (Wildman–Crippen LogP) is 4.81. The quantitative estimate of drug-likeness (QED) is 0.638. The van der Waals surface area contributed by atoms with Crippen molar-refractivity contribution in [1.82, 2.24) is 0 Å². The number of benzene rings is 3. The monoisotopic (exact) mass is 343 g/mol. The van der Waals surface area contributed by atoms with Crippen molar-refractivity contribution in [3.8, 4) is 0 Å². The first-order chi connectivity index (χ1) is 12.5. The molecule has 0 fully saturated rings. The average Bonchev–Trinajstić information content (AvgIpc) is 2.69. The van der Waals surface area contributed by atoms with Gasteiger partial charge in [-0.3, -0.25) is 9.59 Å². The molecule has 130 valence electrons. The second-order valence-corrected chi connectivity index (χ2v) is 6.39. The number of ketones is 1. The van der Waals surface area contributed by atoms with Gasteiger partial charge < -0.3 is 4.90 Å². The van der Waals surface area contributed by atoms with Crippen LogP contribution in [-0.4, -0.2) is 18.7 Å². The third-order valence-electron chi connectivity index (χ3n) is 4.49. The first-order valence-corrected chi connectivity index (χ1v) is 8.53. The third-order valence-corrected chi connectivity index (χ3v) is 4.49. The summed E-state index contributed by atoms with van der Waals surface area (Å²) in [6.45, 7) is 3.86. The Morgan fingerprint density at radius 2 is 1.35 bits per heavy atom. The summed E-state index contributed by atoms with van der Waals surface area (Å²) in [7, 11) is 1.72. The van der Waals surface area contributed by atoms with Gasteiger partial charge in [-0.1, -0.05) is 54.1 Å². The van der Waals surface area contributed by atoms with Gasteiger partial charge in [0, 0.05) is 23.9 Å². The van der Waals surface area contributed by atoms with Gasteiger partial charge in [0.15, 0.2) is 5.78 Å². The lowest BCUT2D eigenvalue weighted by Gasteiger charge is -2.19. The average molecular weight is 343 g/mol. The molecule has 0 bridgehead atoms. The Morgan fingerprint density at radius 3 is 2.04 bits per heavy atom. The van der Waals surface area contributed by atoms with Crippen LogP contribution in [0.5, 0.6) is 0 Å². The van der Waals surface area contributed by atoms with Gasteiger partial charge in [-0.15, -0.1) is 0 Å². The van der Waals surface area contributed by atoms with Crippen LogP contribution in [0.4, 0.5) is 5.69 Å². The van der Waals surface area contributed by atoms with Crippen LogP contribution in [0, 0.1) is 13.8 Å². The van der Waals surface area contributed by atoms with Crippen molar-refractivity contribution < 1.29 is 9.59 Å². The Bertz CT molecular complexity index is 961. The van der Waals surface area contributed by atoms with E-state index < -0.39 is 0 Å². The maximum atomic E-state index is 13.1. The molecule has 0 aliphatic rings. The van der Waals surface area contributed by atoms with E-state index in [1.165, 1.54) is 0 Å². The minimum absolute atomic E-state index is 0.128. The number of hydrogen-bond donors (Lipinski definition) is 0. The third kappa shape index (κ3) is 3.42. The highest BCUT2D eigenvalue weighted by molar-refractivity contribution is 6.18. The van der Waals surface area contributed by atoms with E-state index in [0.29, 0.717) is 16.7 Å². The highest BCUT2D eigenvalue weighted by Gasteiger charge is 2.22. The van der Waals surface area contributed by atoms with Gasteiger partial charge >= 0.3 is 0 Å². The summed E-state index contributed by atoms with van der Waals surface area (Å²) in [6.07, 6.45) is 0. The van der Waals surface area contributed by atoms with Crippen molar-refractivity contribution in [2.45, 2.75) is 13.8 Å². The fourth-order valence-electron chi connectivity index (χ4n) is 2.94. The maximum absolute atomic E-state index is 13.1. The fourth-order valence-corrected chi connectivity index (χ4v) is 2.94. The molecule has 3 heteroatoms. The summed E-state index contributed by atoms with van der Waals surface area (Å²) >= 11 is 0. The van der Waals surface area contributed by atoms with E-state index in [0.717, 1.165) is 16.8 Å². The van der Waals surface area contributed by atoms with Crippen LogP contribution in [0.25, 0.3) is 0 Å². The Balaban J connectivity index is 2.02. The Labute approximate surface area is 153 Å². The number of carbonyl (C=O) groups is 2. The van der Waals surface area contributed by atoms with E-state index in [9.17, 15) is 9.59 Å². The SMILES string of the molecule is Cc1ccc(C)c(C(=O)c2ccccc2C(=O)N(C)c2ccccc2)c1. The van der Waals surface area contributed by atoms with E-state index in [-0.39, 0.29) is 11.7 Å². The molecule has 1 amide bonds. The zero-order valence-corrected chi connectivity index (χ0v) is 15.2. The second kappa shape index (κ2) is 7.36. The van der Waals surface area contributed by atoms with Crippen molar-refractivity contribution in [2.24, 2.45) is 0 Å². The molecule has 3 aromatic carbocycles. The van der Waals surface area contributed by atoms with Gasteiger partial charge in [0.1, 0.15) is 0 Å². The Hall–Kier alpha value is -3.20. The van der Waals surface area contributed by atoms with Crippen LogP contribution in [-0.2, 0) is 0 Å². The zero-order valence-electron chi connectivity index (χ0n) is 15.2. The lowest BCUT2D eigenvalue weighted by Crippen LogP contribution is -2.28. The van der Waals surface area contributed by atoms with Gasteiger partial charge in [-0.05, 0) is 43.7 Å². The molecule has 0 aliphatic carbocycles. The lowest BCUT2D eigenvalue weighted by atomic mass is 9.94. The molecule has 0 saturated heterocycles. The van der Waals surface area contributed by atoms with Crippen molar-refractivity contribution in [3.63, 3.8) is 0 Å². The van der Waals surface area contributed by atoms with Gasteiger partial charge in [-0.25, -0.2) is 0 Å². The lowest BCUT2D eigenvalue weighted by molar-refractivity contribution is 0.0975. The number of aryl methyl sites for hydroxylation is 2. The molecule has 0 spiro atoms. The van der Waals surface area contributed by atoms with Crippen molar-refractivity contribution in [2.75, 3.05) is 11.9 Å². The number of carbonyl (C=O) groups excluding carboxylic acids is 2. The van der Waals surface area contributed by atoms with Crippen LogP contribution in [0.2, 0.25) is 0 Å². The van der Waals surface area contributed by atoms with Crippen LogP contribution in [0.15, 0.2) is 72.8 Å². The zero-order chi connectivity index (χ0) is 18.7. The molecule has 0 atom stereocenters. The molecular weight excluding hydrogens is 322 g/mol. The van der Waals surface area contributed by atoms with Gasteiger partial charge in [0.2, 0.25) is 0 Å². The van der Waals surface area contributed by atoms with Crippen LogP contribution in [0.1, 0.15) is 37.4 Å². The van der Waals surface area contributed by atoms with E-state index >= 15 is 0 Å².